The summed E-state index contributed by atoms with van der Waals surface area (Å²) in [5.74, 6) is 3.40. The Morgan fingerprint density at radius 2 is 1.71 bits per heavy atom. The maximum absolute atomic E-state index is 2.33. The van der Waals surface area contributed by atoms with Crippen molar-refractivity contribution in [3.63, 3.8) is 0 Å². The Labute approximate surface area is 89.5 Å². The number of unbranched alkanes of at least 4 members (excludes halogenated alkanes) is 1. The zero-order chi connectivity index (χ0) is 9.80. The van der Waals surface area contributed by atoms with Crippen LogP contribution in [0.15, 0.2) is 0 Å². The summed E-state index contributed by atoms with van der Waals surface area (Å²) in [5, 5.41) is 0. The van der Waals surface area contributed by atoms with E-state index in [4.69, 9.17) is 0 Å². The van der Waals surface area contributed by atoms with Gasteiger partial charge in [0.1, 0.15) is 0 Å². The second-order valence-corrected chi connectivity index (χ2v) is 5.54. The Bertz CT molecular complexity index is 159. The standard InChI is InChI=1S/C14H26/c1-2-3-7-12-9-6-10-13-8-4-5-11-14(12)13/h12-14H,2-11H2,1H3/t12-,13-,14-/m0/s1. The fourth-order valence-corrected chi connectivity index (χ4v) is 3.90. The van der Waals surface area contributed by atoms with Gasteiger partial charge in [0.15, 0.2) is 0 Å². The van der Waals surface area contributed by atoms with Crippen LogP contribution in [0.3, 0.4) is 0 Å². The highest BCUT2D eigenvalue weighted by Gasteiger charge is 2.33. The number of hydrogen-bond donors (Lipinski definition) is 0. The first-order valence-corrected chi connectivity index (χ1v) is 6.92. The first-order valence-electron chi connectivity index (χ1n) is 6.92. The van der Waals surface area contributed by atoms with Crippen molar-refractivity contribution in [1.29, 1.82) is 0 Å². The molecule has 0 aliphatic heterocycles. The van der Waals surface area contributed by atoms with Gasteiger partial charge in [-0.05, 0) is 24.2 Å². The number of rotatable bonds is 3. The largest absolute Gasteiger partial charge is 0.0654 e. The maximum atomic E-state index is 2.33. The molecule has 0 heteroatoms. The van der Waals surface area contributed by atoms with Crippen molar-refractivity contribution >= 4 is 0 Å². The number of hydrogen-bond acceptors (Lipinski definition) is 0. The summed E-state index contributed by atoms with van der Waals surface area (Å²) in [7, 11) is 0. The average Bonchev–Trinajstić information content (AvgIpc) is 2.26. The molecule has 0 nitrogen and oxygen atoms in total. The van der Waals surface area contributed by atoms with E-state index in [-0.39, 0.29) is 0 Å². The van der Waals surface area contributed by atoms with Crippen LogP contribution < -0.4 is 0 Å². The van der Waals surface area contributed by atoms with Crippen molar-refractivity contribution in [1.82, 2.24) is 0 Å². The molecule has 82 valence electrons. The lowest BCUT2D eigenvalue weighted by Crippen LogP contribution is -2.30. The van der Waals surface area contributed by atoms with Gasteiger partial charge in [0.25, 0.3) is 0 Å². The quantitative estimate of drug-likeness (QED) is 0.606. The lowest BCUT2D eigenvalue weighted by Gasteiger charge is -2.41. The zero-order valence-electron chi connectivity index (χ0n) is 9.80. The molecular formula is C14H26. The molecule has 14 heavy (non-hydrogen) atoms. The lowest BCUT2D eigenvalue weighted by molar-refractivity contribution is 0.0965. The minimum atomic E-state index is 1.12. The molecule has 0 heterocycles. The molecule has 2 rings (SSSR count). The van der Waals surface area contributed by atoms with Gasteiger partial charge in [-0.15, -0.1) is 0 Å². The predicted octanol–water partition coefficient (Wildman–Crippen LogP) is 4.78. The summed E-state index contributed by atoms with van der Waals surface area (Å²) >= 11 is 0. The van der Waals surface area contributed by atoms with Crippen LogP contribution in [0.5, 0.6) is 0 Å². The summed E-state index contributed by atoms with van der Waals surface area (Å²) in [6.45, 7) is 2.33. The summed E-state index contributed by atoms with van der Waals surface area (Å²) in [4.78, 5) is 0. The van der Waals surface area contributed by atoms with Gasteiger partial charge < -0.3 is 0 Å². The highest BCUT2D eigenvalue weighted by Crippen LogP contribution is 2.45. The second-order valence-electron chi connectivity index (χ2n) is 5.54. The third-order valence-corrected chi connectivity index (χ3v) is 4.65. The monoisotopic (exact) mass is 194 g/mol. The molecule has 2 fully saturated rings. The van der Waals surface area contributed by atoms with E-state index in [1.165, 1.54) is 38.5 Å². The first kappa shape index (κ1) is 10.5. The van der Waals surface area contributed by atoms with Crippen LogP contribution in [0, 0.1) is 17.8 Å². The molecule has 0 aromatic rings. The van der Waals surface area contributed by atoms with E-state index < -0.39 is 0 Å². The van der Waals surface area contributed by atoms with Crippen molar-refractivity contribution in [3.05, 3.63) is 0 Å². The first-order chi connectivity index (χ1) is 6.92. The van der Waals surface area contributed by atoms with E-state index in [0.29, 0.717) is 0 Å². The predicted molar refractivity (Wildman–Crippen MR) is 62.3 cm³/mol. The van der Waals surface area contributed by atoms with Gasteiger partial charge in [-0.2, -0.15) is 0 Å². The van der Waals surface area contributed by atoms with E-state index >= 15 is 0 Å². The van der Waals surface area contributed by atoms with Crippen molar-refractivity contribution < 1.29 is 0 Å². The highest BCUT2D eigenvalue weighted by molar-refractivity contribution is 4.84. The van der Waals surface area contributed by atoms with Crippen LogP contribution in [-0.2, 0) is 0 Å². The van der Waals surface area contributed by atoms with Gasteiger partial charge in [0, 0.05) is 0 Å². The van der Waals surface area contributed by atoms with E-state index in [0.717, 1.165) is 17.8 Å². The van der Waals surface area contributed by atoms with Crippen LogP contribution in [-0.4, -0.2) is 0 Å². The van der Waals surface area contributed by atoms with Gasteiger partial charge >= 0.3 is 0 Å². The molecule has 3 atom stereocenters. The zero-order valence-corrected chi connectivity index (χ0v) is 9.80. The van der Waals surface area contributed by atoms with Crippen LogP contribution in [0.1, 0.15) is 71.1 Å². The molecule has 0 aromatic heterocycles. The Morgan fingerprint density at radius 1 is 0.929 bits per heavy atom. The second kappa shape index (κ2) is 5.19. The fourth-order valence-electron chi connectivity index (χ4n) is 3.90. The Morgan fingerprint density at radius 3 is 2.57 bits per heavy atom. The van der Waals surface area contributed by atoms with Crippen LogP contribution >= 0.6 is 0 Å². The van der Waals surface area contributed by atoms with Crippen molar-refractivity contribution in [2.24, 2.45) is 17.8 Å². The fraction of sp³-hybridized carbons (Fsp3) is 1.00. The molecule has 2 aliphatic carbocycles. The summed E-state index contributed by atoms with van der Waals surface area (Å²) in [6.07, 6.45) is 15.3. The molecule has 0 aromatic carbocycles. The van der Waals surface area contributed by atoms with Gasteiger partial charge in [0.05, 0.1) is 0 Å². The van der Waals surface area contributed by atoms with E-state index in [9.17, 15) is 0 Å². The number of fused-ring (bicyclic) bond motifs is 1. The average molecular weight is 194 g/mol. The van der Waals surface area contributed by atoms with Gasteiger partial charge in [-0.3, -0.25) is 0 Å². The van der Waals surface area contributed by atoms with Crippen LogP contribution in [0.25, 0.3) is 0 Å². The van der Waals surface area contributed by atoms with Crippen LogP contribution in [0.4, 0.5) is 0 Å². The third kappa shape index (κ3) is 2.32. The van der Waals surface area contributed by atoms with Crippen molar-refractivity contribution in [2.75, 3.05) is 0 Å². The van der Waals surface area contributed by atoms with E-state index in [2.05, 4.69) is 6.92 Å². The molecule has 0 amide bonds. The van der Waals surface area contributed by atoms with Gasteiger partial charge in [0.2, 0.25) is 0 Å². The van der Waals surface area contributed by atoms with E-state index in [1.807, 2.05) is 0 Å². The van der Waals surface area contributed by atoms with Crippen molar-refractivity contribution in [2.45, 2.75) is 71.1 Å². The van der Waals surface area contributed by atoms with E-state index in [1.54, 1.807) is 25.7 Å². The molecule has 0 unspecified atom stereocenters. The Hall–Kier alpha value is 0. The van der Waals surface area contributed by atoms with Crippen molar-refractivity contribution in [3.8, 4) is 0 Å². The summed E-state index contributed by atoms with van der Waals surface area (Å²) in [6, 6.07) is 0. The minimum absolute atomic E-state index is 1.12. The Balaban J connectivity index is 1.88. The molecule has 0 bridgehead atoms. The molecular weight excluding hydrogens is 168 g/mol. The summed E-state index contributed by atoms with van der Waals surface area (Å²) < 4.78 is 0. The summed E-state index contributed by atoms with van der Waals surface area (Å²) in [5.41, 5.74) is 0. The normalized spacial score (nSPS) is 37.9. The Kier molecular flexibility index (Phi) is 3.89. The smallest absolute Gasteiger partial charge is 0.0357 e. The van der Waals surface area contributed by atoms with Gasteiger partial charge in [-0.1, -0.05) is 64.7 Å². The highest BCUT2D eigenvalue weighted by atomic mass is 14.4. The third-order valence-electron chi connectivity index (χ3n) is 4.65. The molecule has 2 saturated carbocycles. The molecule has 0 N–H and O–H groups in total. The van der Waals surface area contributed by atoms with Gasteiger partial charge in [-0.25, -0.2) is 0 Å². The minimum Gasteiger partial charge on any atom is -0.0654 e. The molecule has 0 saturated heterocycles. The molecule has 0 spiro atoms. The molecule has 0 radical (unpaired) electrons. The SMILES string of the molecule is CCCC[C@H]1CCC[C@@H]2CCCC[C@@H]12. The lowest BCUT2D eigenvalue weighted by atomic mass is 9.64. The topological polar surface area (TPSA) is 0 Å². The maximum Gasteiger partial charge on any atom is -0.0357 e. The van der Waals surface area contributed by atoms with Crippen LogP contribution in [0.2, 0.25) is 0 Å². The molecule has 2 aliphatic rings.